The van der Waals surface area contributed by atoms with E-state index < -0.39 is 7.82 Å². The summed E-state index contributed by atoms with van der Waals surface area (Å²) in [5, 5.41) is 0. The number of phosphoric acid groups is 1. The van der Waals surface area contributed by atoms with Crippen molar-refractivity contribution in [3.05, 3.63) is 30.3 Å². The molecule has 0 N–H and O–H groups in total. The second kappa shape index (κ2) is 9.24. The molecule has 0 aliphatic heterocycles. The zero-order chi connectivity index (χ0) is 15.7. The lowest BCUT2D eigenvalue weighted by atomic mass is 10.2. The molecule has 1 rings (SSSR count). The maximum atomic E-state index is 12.9. The van der Waals surface area contributed by atoms with Gasteiger partial charge in [-0.15, -0.1) is 0 Å². The lowest BCUT2D eigenvalue weighted by Gasteiger charge is -2.24. The summed E-state index contributed by atoms with van der Waals surface area (Å²) in [6, 6.07) is 9.01. The first kappa shape index (κ1) is 18.2. The summed E-state index contributed by atoms with van der Waals surface area (Å²) in [5.74, 6) is 0.494. The highest BCUT2D eigenvalue weighted by molar-refractivity contribution is 7.49. The van der Waals surface area contributed by atoms with Gasteiger partial charge in [0.25, 0.3) is 0 Å². The Bertz CT molecular complexity index is 417. The average Bonchev–Trinajstić information content (AvgIpc) is 2.39. The summed E-state index contributed by atoms with van der Waals surface area (Å²) in [6.07, 6.45) is 3.20. The Balaban J connectivity index is 2.79. The number of rotatable bonds is 10. The van der Waals surface area contributed by atoms with Crippen molar-refractivity contribution >= 4 is 7.82 Å². The van der Waals surface area contributed by atoms with Crippen molar-refractivity contribution in [2.24, 2.45) is 0 Å². The quantitative estimate of drug-likeness (QED) is 0.528. The lowest BCUT2D eigenvalue weighted by Crippen LogP contribution is -2.15. The van der Waals surface area contributed by atoms with E-state index in [2.05, 4.69) is 13.8 Å². The molecule has 4 nitrogen and oxygen atoms in total. The van der Waals surface area contributed by atoms with Crippen LogP contribution in [0.3, 0.4) is 0 Å². The van der Waals surface area contributed by atoms with E-state index in [1.54, 1.807) is 12.1 Å². The third-order valence-corrected chi connectivity index (χ3v) is 4.64. The molecule has 21 heavy (non-hydrogen) atoms. The van der Waals surface area contributed by atoms with Gasteiger partial charge in [-0.1, -0.05) is 44.9 Å². The summed E-state index contributed by atoms with van der Waals surface area (Å²) in [5.41, 5.74) is 0. The van der Waals surface area contributed by atoms with Gasteiger partial charge in [0.1, 0.15) is 5.75 Å². The minimum absolute atomic E-state index is 0.168. The van der Waals surface area contributed by atoms with Gasteiger partial charge < -0.3 is 4.52 Å². The van der Waals surface area contributed by atoms with Crippen LogP contribution in [0.15, 0.2) is 30.3 Å². The molecule has 120 valence electrons. The summed E-state index contributed by atoms with van der Waals surface area (Å²) < 4.78 is 29.7. The fourth-order valence-electron chi connectivity index (χ4n) is 2.04. The molecule has 0 aliphatic carbocycles. The molecule has 1 aromatic rings. The van der Waals surface area contributed by atoms with E-state index in [0.717, 1.165) is 25.7 Å². The molecule has 0 heterocycles. The van der Waals surface area contributed by atoms with Crippen LogP contribution in [0.4, 0.5) is 0 Å². The molecule has 0 aromatic heterocycles. The zero-order valence-corrected chi connectivity index (χ0v) is 14.3. The highest BCUT2D eigenvalue weighted by Gasteiger charge is 2.33. The number of hydrogen-bond donors (Lipinski definition) is 0. The van der Waals surface area contributed by atoms with Gasteiger partial charge in [0.2, 0.25) is 0 Å². The molecule has 0 fully saturated rings. The fourth-order valence-corrected chi connectivity index (χ4v) is 3.65. The second-order valence-corrected chi connectivity index (χ2v) is 6.76. The van der Waals surface area contributed by atoms with Gasteiger partial charge in [-0.25, -0.2) is 4.57 Å². The van der Waals surface area contributed by atoms with Crippen LogP contribution >= 0.6 is 7.82 Å². The van der Waals surface area contributed by atoms with E-state index in [-0.39, 0.29) is 12.2 Å². The molecule has 0 radical (unpaired) electrons. The van der Waals surface area contributed by atoms with Crippen molar-refractivity contribution < 1.29 is 18.1 Å². The Morgan fingerprint density at radius 1 is 0.952 bits per heavy atom. The van der Waals surface area contributed by atoms with E-state index in [1.807, 2.05) is 32.0 Å². The molecule has 5 heteroatoms. The van der Waals surface area contributed by atoms with Gasteiger partial charge in [0.05, 0.1) is 12.2 Å². The van der Waals surface area contributed by atoms with Gasteiger partial charge in [-0.05, 0) is 38.8 Å². The predicted molar refractivity (Wildman–Crippen MR) is 85.6 cm³/mol. The van der Waals surface area contributed by atoms with E-state index >= 15 is 0 Å². The molecule has 0 amide bonds. The van der Waals surface area contributed by atoms with Gasteiger partial charge in [-0.3, -0.25) is 9.05 Å². The van der Waals surface area contributed by atoms with Crippen molar-refractivity contribution in [3.63, 3.8) is 0 Å². The zero-order valence-electron chi connectivity index (χ0n) is 13.5. The standard InChI is InChI=1S/C16H27O4P/c1-5-10-14(3)18-21(17,19-15(4)11-6-2)20-16-12-8-7-9-13-16/h7-9,12-15H,5-6,10-11H2,1-4H3. The van der Waals surface area contributed by atoms with Crippen LogP contribution < -0.4 is 4.52 Å². The fraction of sp³-hybridized carbons (Fsp3) is 0.625. The first-order valence-corrected chi connectivity index (χ1v) is 9.16. The monoisotopic (exact) mass is 314 g/mol. The van der Waals surface area contributed by atoms with E-state index in [0.29, 0.717) is 5.75 Å². The van der Waals surface area contributed by atoms with Crippen LogP contribution in [-0.2, 0) is 13.6 Å². The van der Waals surface area contributed by atoms with Crippen LogP contribution in [-0.4, -0.2) is 12.2 Å². The van der Waals surface area contributed by atoms with E-state index in [1.165, 1.54) is 0 Å². The van der Waals surface area contributed by atoms with Gasteiger partial charge in [0.15, 0.2) is 0 Å². The minimum Gasteiger partial charge on any atom is -0.404 e. The first-order valence-electron chi connectivity index (χ1n) is 7.70. The highest BCUT2D eigenvalue weighted by Crippen LogP contribution is 2.52. The van der Waals surface area contributed by atoms with Crippen LogP contribution in [0, 0.1) is 0 Å². The van der Waals surface area contributed by atoms with Crippen molar-refractivity contribution in [3.8, 4) is 5.75 Å². The van der Waals surface area contributed by atoms with Crippen LogP contribution in [0.25, 0.3) is 0 Å². The van der Waals surface area contributed by atoms with E-state index in [4.69, 9.17) is 13.6 Å². The lowest BCUT2D eigenvalue weighted by molar-refractivity contribution is 0.0841. The molecule has 0 saturated carbocycles. The molecule has 2 atom stereocenters. The molecule has 1 aromatic carbocycles. The van der Waals surface area contributed by atoms with Crippen molar-refractivity contribution in [1.82, 2.24) is 0 Å². The minimum atomic E-state index is -3.61. The molecule has 0 saturated heterocycles. The normalized spacial score (nSPS) is 17.0. The molecule has 2 unspecified atom stereocenters. The number of phosphoric ester groups is 1. The molecule has 0 spiro atoms. The Morgan fingerprint density at radius 3 is 1.86 bits per heavy atom. The molecular formula is C16H27O4P. The first-order chi connectivity index (χ1) is 9.99. The number of benzene rings is 1. The van der Waals surface area contributed by atoms with Crippen molar-refractivity contribution in [1.29, 1.82) is 0 Å². The highest BCUT2D eigenvalue weighted by atomic mass is 31.2. The second-order valence-electron chi connectivity index (χ2n) is 5.26. The average molecular weight is 314 g/mol. The van der Waals surface area contributed by atoms with E-state index in [9.17, 15) is 4.57 Å². The van der Waals surface area contributed by atoms with Crippen LogP contribution in [0.1, 0.15) is 53.4 Å². The molecule has 0 aliphatic rings. The Labute approximate surface area is 128 Å². The molecule has 0 bridgehead atoms. The number of para-hydroxylation sites is 1. The van der Waals surface area contributed by atoms with Crippen molar-refractivity contribution in [2.75, 3.05) is 0 Å². The summed E-state index contributed by atoms with van der Waals surface area (Å²) in [6.45, 7) is 7.89. The van der Waals surface area contributed by atoms with Crippen LogP contribution in [0.2, 0.25) is 0 Å². The summed E-state index contributed by atoms with van der Waals surface area (Å²) in [4.78, 5) is 0. The van der Waals surface area contributed by atoms with Gasteiger partial charge in [0, 0.05) is 0 Å². The Hall–Kier alpha value is -0.830. The topological polar surface area (TPSA) is 44.8 Å². The molecular weight excluding hydrogens is 287 g/mol. The van der Waals surface area contributed by atoms with Crippen LogP contribution in [0.5, 0.6) is 5.75 Å². The maximum absolute atomic E-state index is 12.9. The summed E-state index contributed by atoms with van der Waals surface area (Å²) >= 11 is 0. The largest absolute Gasteiger partial charge is 0.530 e. The number of hydrogen-bond acceptors (Lipinski definition) is 4. The SMILES string of the molecule is CCCC(C)OP(=O)(Oc1ccccc1)OC(C)CCC. The Kier molecular flexibility index (Phi) is 8.02. The smallest absolute Gasteiger partial charge is 0.404 e. The maximum Gasteiger partial charge on any atom is 0.530 e. The predicted octanol–water partition coefficient (Wildman–Crippen LogP) is 5.58. The Morgan fingerprint density at radius 2 is 1.43 bits per heavy atom. The van der Waals surface area contributed by atoms with Gasteiger partial charge >= 0.3 is 7.82 Å². The third kappa shape index (κ3) is 7.12. The third-order valence-electron chi connectivity index (χ3n) is 2.97. The summed E-state index contributed by atoms with van der Waals surface area (Å²) in [7, 11) is -3.61. The van der Waals surface area contributed by atoms with Gasteiger partial charge in [-0.2, -0.15) is 0 Å². The van der Waals surface area contributed by atoms with Crippen molar-refractivity contribution in [2.45, 2.75) is 65.6 Å².